The van der Waals surface area contributed by atoms with Gasteiger partial charge in [-0.25, -0.2) is 0 Å². The third-order valence-corrected chi connectivity index (χ3v) is 4.05. The number of nitrogens with one attached hydrogen (secondary N) is 2. The van der Waals surface area contributed by atoms with E-state index in [-0.39, 0.29) is 11.4 Å². The van der Waals surface area contributed by atoms with Crippen LogP contribution in [0.15, 0.2) is 18.3 Å². The second kappa shape index (κ2) is 5.78. The lowest BCUT2D eigenvalue weighted by atomic mass is 10.0. The fourth-order valence-corrected chi connectivity index (χ4v) is 2.45. The number of aromatic nitrogens is 1. The van der Waals surface area contributed by atoms with E-state index in [0.29, 0.717) is 6.04 Å². The molecule has 2 N–H and O–H groups in total. The zero-order chi connectivity index (χ0) is 13.9. The van der Waals surface area contributed by atoms with Crippen LogP contribution >= 0.6 is 0 Å². The van der Waals surface area contributed by atoms with Gasteiger partial charge in [0.1, 0.15) is 5.69 Å². The number of amides is 1. The summed E-state index contributed by atoms with van der Waals surface area (Å²) in [6.45, 7) is 8.27. The molecule has 1 aliphatic rings. The van der Waals surface area contributed by atoms with E-state index >= 15 is 0 Å². The zero-order valence-electron chi connectivity index (χ0n) is 12.2. The number of nitrogens with zero attached hydrogens (tertiary/aromatic N) is 1. The van der Waals surface area contributed by atoms with Crippen LogP contribution in [0.5, 0.6) is 0 Å². The Morgan fingerprint density at radius 3 is 2.79 bits per heavy atom. The van der Waals surface area contributed by atoms with Gasteiger partial charge in [0.2, 0.25) is 0 Å². The molecule has 0 unspecified atom stereocenters. The summed E-state index contributed by atoms with van der Waals surface area (Å²) >= 11 is 0. The smallest absolute Gasteiger partial charge is 0.268 e. The maximum atomic E-state index is 12.4. The molecule has 0 aromatic carbocycles. The van der Waals surface area contributed by atoms with Crippen LogP contribution in [-0.2, 0) is 0 Å². The minimum absolute atomic E-state index is 0.0374. The molecular weight excluding hydrogens is 238 g/mol. The maximum Gasteiger partial charge on any atom is 0.268 e. The Hall–Kier alpha value is -1.29. The van der Waals surface area contributed by atoms with Gasteiger partial charge in [-0.3, -0.25) is 4.79 Å². The Morgan fingerprint density at radius 1 is 1.47 bits per heavy atom. The topological polar surface area (TPSA) is 46.1 Å². The SMILES string of the molecule is CCC(C)(C)NC(=O)c1cccn1C1CCNCC1. The highest BCUT2D eigenvalue weighted by molar-refractivity contribution is 5.93. The average molecular weight is 263 g/mol. The van der Waals surface area contributed by atoms with Crippen LogP contribution in [0.4, 0.5) is 0 Å². The van der Waals surface area contributed by atoms with Crippen molar-refractivity contribution in [3.8, 4) is 0 Å². The molecular formula is C15H25N3O. The summed E-state index contributed by atoms with van der Waals surface area (Å²) in [7, 11) is 0. The molecule has 0 radical (unpaired) electrons. The molecule has 106 valence electrons. The van der Waals surface area contributed by atoms with E-state index in [1.54, 1.807) is 0 Å². The summed E-state index contributed by atoms with van der Waals surface area (Å²) in [5.41, 5.74) is 0.633. The lowest BCUT2D eigenvalue weighted by Gasteiger charge is -2.28. The summed E-state index contributed by atoms with van der Waals surface area (Å²) in [5.74, 6) is 0.0374. The van der Waals surface area contributed by atoms with Gasteiger partial charge in [0, 0.05) is 17.8 Å². The predicted octanol–water partition coefficient (Wildman–Crippen LogP) is 2.33. The lowest BCUT2D eigenvalue weighted by molar-refractivity contribution is 0.0898. The first kappa shape index (κ1) is 14.1. The highest BCUT2D eigenvalue weighted by Crippen LogP contribution is 2.21. The van der Waals surface area contributed by atoms with Crippen molar-refractivity contribution in [2.45, 2.75) is 51.6 Å². The van der Waals surface area contributed by atoms with Crippen LogP contribution in [0.1, 0.15) is 56.6 Å². The van der Waals surface area contributed by atoms with E-state index in [2.05, 4.69) is 36.0 Å². The highest BCUT2D eigenvalue weighted by atomic mass is 16.2. The fraction of sp³-hybridized carbons (Fsp3) is 0.667. The van der Waals surface area contributed by atoms with Crippen molar-refractivity contribution in [1.82, 2.24) is 15.2 Å². The van der Waals surface area contributed by atoms with Crippen LogP contribution in [-0.4, -0.2) is 29.1 Å². The molecule has 1 fully saturated rings. The van der Waals surface area contributed by atoms with Crippen molar-refractivity contribution in [2.75, 3.05) is 13.1 Å². The molecule has 2 heterocycles. The van der Waals surface area contributed by atoms with Crippen molar-refractivity contribution in [3.05, 3.63) is 24.0 Å². The minimum Gasteiger partial charge on any atom is -0.346 e. The normalized spacial score (nSPS) is 17.4. The molecule has 4 nitrogen and oxygen atoms in total. The van der Waals surface area contributed by atoms with Crippen LogP contribution in [0.3, 0.4) is 0 Å². The molecule has 19 heavy (non-hydrogen) atoms. The van der Waals surface area contributed by atoms with Gasteiger partial charge in [-0.05, 0) is 58.3 Å². The summed E-state index contributed by atoms with van der Waals surface area (Å²) in [6, 6.07) is 4.33. The molecule has 1 aromatic rings. The Kier molecular flexibility index (Phi) is 4.30. The third kappa shape index (κ3) is 3.38. The summed E-state index contributed by atoms with van der Waals surface area (Å²) in [6.07, 6.45) is 5.13. The third-order valence-electron chi connectivity index (χ3n) is 4.05. The van der Waals surface area contributed by atoms with Gasteiger partial charge < -0.3 is 15.2 Å². The molecule has 1 amide bonds. The zero-order valence-corrected chi connectivity index (χ0v) is 12.2. The van der Waals surface area contributed by atoms with Crippen LogP contribution in [0.25, 0.3) is 0 Å². The number of carbonyl (C=O) groups excluding carboxylic acids is 1. The largest absolute Gasteiger partial charge is 0.346 e. The summed E-state index contributed by atoms with van der Waals surface area (Å²) in [5, 5.41) is 6.47. The number of rotatable bonds is 4. The molecule has 0 aliphatic carbocycles. The van der Waals surface area contributed by atoms with Crippen LogP contribution < -0.4 is 10.6 Å². The van der Waals surface area contributed by atoms with Crippen LogP contribution in [0, 0.1) is 0 Å². The number of hydrogen-bond acceptors (Lipinski definition) is 2. The molecule has 2 rings (SSSR count). The number of piperidine rings is 1. The lowest BCUT2D eigenvalue weighted by Crippen LogP contribution is -2.43. The van der Waals surface area contributed by atoms with E-state index in [1.807, 2.05) is 18.3 Å². The second-order valence-electron chi connectivity index (χ2n) is 5.97. The first-order valence-electron chi connectivity index (χ1n) is 7.23. The van der Waals surface area contributed by atoms with Crippen molar-refractivity contribution in [1.29, 1.82) is 0 Å². The molecule has 1 aromatic heterocycles. The van der Waals surface area contributed by atoms with Gasteiger partial charge in [-0.15, -0.1) is 0 Å². The van der Waals surface area contributed by atoms with Gasteiger partial charge in [-0.2, -0.15) is 0 Å². The van der Waals surface area contributed by atoms with Crippen LogP contribution in [0.2, 0.25) is 0 Å². The standard InChI is InChI=1S/C15H25N3O/c1-4-15(2,3)17-14(19)13-6-5-11-18(13)12-7-9-16-10-8-12/h5-6,11-12,16H,4,7-10H2,1-3H3,(H,17,19). The molecule has 0 spiro atoms. The first-order chi connectivity index (χ1) is 9.03. The van der Waals surface area contributed by atoms with E-state index in [1.165, 1.54) is 0 Å². The molecule has 0 saturated carbocycles. The fourth-order valence-electron chi connectivity index (χ4n) is 2.45. The molecule has 1 aliphatic heterocycles. The Morgan fingerprint density at radius 2 is 2.16 bits per heavy atom. The molecule has 0 bridgehead atoms. The summed E-state index contributed by atoms with van der Waals surface area (Å²) < 4.78 is 2.14. The first-order valence-corrected chi connectivity index (χ1v) is 7.23. The monoisotopic (exact) mass is 263 g/mol. The maximum absolute atomic E-state index is 12.4. The van der Waals surface area contributed by atoms with Crippen molar-refractivity contribution in [2.24, 2.45) is 0 Å². The molecule has 1 saturated heterocycles. The van der Waals surface area contributed by atoms with E-state index in [9.17, 15) is 4.79 Å². The van der Waals surface area contributed by atoms with E-state index in [4.69, 9.17) is 0 Å². The van der Waals surface area contributed by atoms with Gasteiger partial charge in [0.25, 0.3) is 5.91 Å². The Labute approximate surface area is 115 Å². The second-order valence-corrected chi connectivity index (χ2v) is 5.97. The van der Waals surface area contributed by atoms with E-state index in [0.717, 1.165) is 38.0 Å². The predicted molar refractivity (Wildman–Crippen MR) is 77.4 cm³/mol. The Balaban J connectivity index is 2.12. The Bertz CT molecular complexity index is 430. The van der Waals surface area contributed by atoms with Crippen molar-refractivity contribution < 1.29 is 4.79 Å². The molecule has 4 heteroatoms. The number of carbonyl (C=O) groups is 1. The van der Waals surface area contributed by atoms with Crippen molar-refractivity contribution >= 4 is 5.91 Å². The quantitative estimate of drug-likeness (QED) is 0.876. The van der Waals surface area contributed by atoms with Crippen molar-refractivity contribution in [3.63, 3.8) is 0 Å². The summed E-state index contributed by atoms with van der Waals surface area (Å²) in [4.78, 5) is 12.4. The van der Waals surface area contributed by atoms with E-state index < -0.39 is 0 Å². The van der Waals surface area contributed by atoms with Gasteiger partial charge >= 0.3 is 0 Å². The van der Waals surface area contributed by atoms with Gasteiger partial charge in [0.15, 0.2) is 0 Å². The highest BCUT2D eigenvalue weighted by Gasteiger charge is 2.23. The number of hydrogen-bond donors (Lipinski definition) is 2. The average Bonchev–Trinajstić information content (AvgIpc) is 2.88. The minimum atomic E-state index is -0.152. The molecule has 0 atom stereocenters. The van der Waals surface area contributed by atoms with Gasteiger partial charge in [0.05, 0.1) is 0 Å². The van der Waals surface area contributed by atoms with Gasteiger partial charge in [-0.1, -0.05) is 6.92 Å².